The SMILES string of the molecule is Cc1ccccc1C(=O)ONS(=O)(=O)c1ccc(Cl)cc1. The molecule has 0 amide bonds. The van der Waals surface area contributed by atoms with E-state index in [1.165, 1.54) is 24.3 Å². The Balaban J connectivity index is 2.10. The molecule has 2 rings (SSSR count). The number of carbonyl (C=O) groups excluding carboxylic acids is 1. The Morgan fingerprint density at radius 1 is 1.10 bits per heavy atom. The van der Waals surface area contributed by atoms with Crippen LogP contribution in [0.1, 0.15) is 15.9 Å². The number of halogens is 1. The van der Waals surface area contributed by atoms with Crippen LogP contribution in [0.4, 0.5) is 0 Å². The van der Waals surface area contributed by atoms with Crippen molar-refractivity contribution in [2.75, 3.05) is 0 Å². The van der Waals surface area contributed by atoms with Crippen LogP contribution >= 0.6 is 11.6 Å². The fourth-order valence-corrected chi connectivity index (χ4v) is 2.51. The summed E-state index contributed by atoms with van der Waals surface area (Å²) in [7, 11) is -3.94. The first-order chi connectivity index (χ1) is 9.90. The zero-order valence-corrected chi connectivity index (χ0v) is 12.6. The van der Waals surface area contributed by atoms with Gasteiger partial charge in [-0.05, 0) is 47.7 Å². The van der Waals surface area contributed by atoms with Crippen molar-refractivity contribution in [1.82, 2.24) is 4.89 Å². The highest BCUT2D eigenvalue weighted by molar-refractivity contribution is 7.89. The van der Waals surface area contributed by atoms with Gasteiger partial charge in [0.1, 0.15) is 0 Å². The predicted molar refractivity (Wildman–Crippen MR) is 78.4 cm³/mol. The van der Waals surface area contributed by atoms with Gasteiger partial charge < -0.3 is 4.84 Å². The van der Waals surface area contributed by atoms with Crippen LogP contribution in [0, 0.1) is 6.92 Å². The first-order valence-corrected chi connectivity index (χ1v) is 7.80. The second-order valence-corrected chi connectivity index (χ2v) is 6.33. The van der Waals surface area contributed by atoms with Gasteiger partial charge in [-0.25, -0.2) is 13.2 Å². The van der Waals surface area contributed by atoms with Crippen molar-refractivity contribution in [3.05, 3.63) is 64.7 Å². The molecule has 0 atom stereocenters. The Morgan fingerprint density at radius 2 is 1.71 bits per heavy atom. The summed E-state index contributed by atoms with van der Waals surface area (Å²) in [5, 5.41) is 0.408. The molecule has 0 aromatic heterocycles. The smallest absolute Gasteiger partial charge is 0.351 e. The fourth-order valence-electron chi connectivity index (χ4n) is 1.61. The van der Waals surface area contributed by atoms with E-state index in [2.05, 4.69) is 4.84 Å². The van der Waals surface area contributed by atoms with Crippen LogP contribution in [0.5, 0.6) is 0 Å². The number of carbonyl (C=O) groups is 1. The van der Waals surface area contributed by atoms with Crippen molar-refractivity contribution >= 4 is 27.6 Å². The molecule has 110 valence electrons. The maximum Gasteiger partial charge on any atom is 0.358 e. The molecule has 0 aliphatic rings. The molecule has 2 aromatic carbocycles. The minimum absolute atomic E-state index is 0.0514. The van der Waals surface area contributed by atoms with Gasteiger partial charge in [-0.2, -0.15) is 0 Å². The molecule has 5 nitrogen and oxygen atoms in total. The number of hydrogen-bond acceptors (Lipinski definition) is 4. The van der Waals surface area contributed by atoms with Gasteiger partial charge in [0.05, 0.1) is 10.5 Å². The molecule has 0 radical (unpaired) electrons. The second-order valence-electron chi connectivity index (χ2n) is 4.25. The molecule has 0 aliphatic carbocycles. The Labute approximate surface area is 127 Å². The standard InChI is InChI=1S/C14H12ClNO4S/c1-10-4-2-3-5-13(10)14(17)20-16-21(18,19)12-8-6-11(15)7-9-12/h2-9,16H,1H3. The Bertz CT molecular complexity index is 757. The minimum atomic E-state index is -3.94. The second kappa shape index (κ2) is 6.26. The van der Waals surface area contributed by atoms with E-state index in [-0.39, 0.29) is 10.5 Å². The fraction of sp³-hybridized carbons (Fsp3) is 0.0714. The molecule has 0 bridgehead atoms. The number of sulfonamides is 1. The lowest BCUT2D eigenvalue weighted by molar-refractivity contribution is 0.0406. The van der Waals surface area contributed by atoms with E-state index in [1.54, 1.807) is 36.1 Å². The normalized spacial score (nSPS) is 11.1. The summed E-state index contributed by atoms with van der Waals surface area (Å²) in [5.41, 5.74) is 0.976. The molecule has 0 unspecified atom stereocenters. The number of rotatable bonds is 4. The summed E-state index contributed by atoms with van der Waals surface area (Å²) in [6.45, 7) is 1.73. The molecular formula is C14H12ClNO4S. The summed E-state index contributed by atoms with van der Waals surface area (Å²) >= 11 is 5.69. The molecule has 21 heavy (non-hydrogen) atoms. The third-order valence-corrected chi connectivity index (χ3v) is 4.18. The highest BCUT2D eigenvalue weighted by atomic mass is 35.5. The van der Waals surface area contributed by atoms with Gasteiger partial charge in [0.25, 0.3) is 10.0 Å². The van der Waals surface area contributed by atoms with Crippen molar-refractivity contribution in [2.24, 2.45) is 0 Å². The molecule has 0 saturated heterocycles. The molecular weight excluding hydrogens is 314 g/mol. The van der Waals surface area contributed by atoms with Crippen LogP contribution in [-0.4, -0.2) is 14.4 Å². The van der Waals surface area contributed by atoms with E-state index in [4.69, 9.17) is 11.6 Å². The van der Waals surface area contributed by atoms with Crippen molar-refractivity contribution < 1.29 is 18.0 Å². The molecule has 7 heteroatoms. The number of aryl methyl sites for hydroxylation is 1. The average molecular weight is 326 g/mol. The van der Waals surface area contributed by atoms with Gasteiger partial charge in [-0.3, -0.25) is 0 Å². The van der Waals surface area contributed by atoms with Crippen molar-refractivity contribution in [3.63, 3.8) is 0 Å². The van der Waals surface area contributed by atoms with Gasteiger partial charge in [0, 0.05) is 5.02 Å². The van der Waals surface area contributed by atoms with E-state index in [0.29, 0.717) is 10.6 Å². The molecule has 0 saturated carbocycles. The molecule has 0 aliphatic heterocycles. The molecule has 0 heterocycles. The van der Waals surface area contributed by atoms with Crippen LogP contribution in [0.2, 0.25) is 5.02 Å². The highest BCUT2D eigenvalue weighted by Crippen LogP contribution is 2.14. The van der Waals surface area contributed by atoms with Crippen molar-refractivity contribution in [3.8, 4) is 0 Å². The van der Waals surface area contributed by atoms with Crippen LogP contribution in [0.15, 0.2) is 53.4 Å². The summed E-state index contributed by atoms with van der Waals surface area (Å²) < 4.78 is 23.9. The number of nitrogens with one attached hydrogen (secondary N) is 1. The molecule has 0 spiro atoms. The largest absolute Gasteiger partial charge is 0.358 e. The Kier molecular flexibility index (Phi) is 4.62. The van der Waals surface area contributed by atoms with E-state index < -0.39 is 16.0 Å². The summed E-state index contributed by atoms with van der Waals surface area (Å²) in [6.07, 6.45) is 0. The van der Waals surface area contributed by atoms with Crippen LogP contribution < -0.4 is 4.89 Å². The Hall–Kier alpha value is -1.89. The van der Waals surface area contributed by atoms with E-state index in [9.17, 15) is 13.2 Å². The quantitative estimate of drug-likeness (QED) is 0.877. The Morgan fingerprint density at radius 3 is 2.33 bits per heavy atom. The monoisotopic (exact) mass is 325 g/mol. The first kappa shape index (κ1) is 15.5. The first-order valence-electron chi connectivity index (χ1n) is 5.94. The van der Waals surface area contributed by atoms with Gasteiger partial charge in [0.2, 0.25) is 0 Å². The van der Waals surface area contributed by atoms with Crippen LogP contribution in [-0.2, 0) is 14.9 Å². The topological polar surface area (TPSA) is 72.5 Å². The van der Waals surface area contributed by atoms with Crippen LogP contribution in [0.3, 0.4) is 0 Å². The third-order valence-electron chi connectivity index (χ3n) is 2.73. The predicted octanol–water partition coefficient (Wildman–Crippen LogP) is 2.70. The average Bonchev–Trinajstić information content (AvgIpc) is 2.46. The van der Waals surface area contributed by atoms with Gasteiger partial charge in [-0.15, -0.1) is 0 Å². The van der Waals surface area contributed by atoms with E-state index in [1.807, 2.05) is 0 Å². The zero-order chi connectivity index (χ0) is 15.5. The summed E-state index contributed by atoms with van der Waals surface area (Å²) in [6, 6.07) is 12.2. The maximum absolute atomic E-state index is 11.9. The van der Waals surface area contributed by atoms with Crippen molar-refractivity contribution in [1.29, 1.82) is 0 Å². The lowest BCUT2D eigenvalue weighted by atomic mass is 10.1. The molecule has 2 aromatic rings. The van der Waals surface area contributed by atoms with Crippen molar-refractivity contribution in [2.45, 2.75) is 11.8 Å². The molecule has 1 N–H and O–H groups in total. The molecule has 0 fully saturated rings. The highest BCUT2D eigenvalue weighted by Gasteiger charge is 2.18. The minimum Gasteiger partial charge on any atom is -0.351 e. The summed E-state index contributed by atoms with van der Waals surface area (Å²) in [4.78, 5) is 18.2. The lowest BCUT2D eigenvalue weighted by Crippen LogP contribution is -2.27. The van der Waals surface area contributed by atoms with Gasteiger partial charge >= 0.3 is 5.97 Å². The number of benzene rings is 2. The zero-order valence-electron chi connectivity index (χ0n) is 11.0. The van der Waals surface area contributed by atoms with Gasteiger partial charge in [0.15, 0.2) is 0 Å². The van der Waals surface area contributed by atoms with Crippen LogP contribution in [0.25, 0.3) is 0 Å². The lowest BCUT2D eigenvalue weighted by Gasteiger charge is -2.08. The van der Waals surface area contributed by atoms with E-state index >= 15 is 0 Å². The van der Waals surface area contributed by atoms with Gasteiger partial charge in [-0.1, -0.05) is 29.8 Å². The number of hydrogen-bond donors (Lipinski definition) is 1. The third kappa shape index (κ3) is 3.81. The maximum atomic E-state index is 11.9. The van der Waals surface area contributed by atoms with E-state index in [0.717, 1.165) is 0 Å². The summed E-state index contributed by atoms with van der Waals surface area (Å²) in [5.74, 6) is -0.773.